The molecule has 0 aromatic carbocycles. The van der Waals surface area contributed by atoms with E-state index in [2.05, 4.69) is 0 Å². The van der Waals surface area contributed by atoms with Gasteiger partial charge in [-0.25, -0.2) is 12.7 Å². The number of ketones is 1. The number of Topliss-reactive ketones (excluding diaryl/α,β-unsaturated/α-hetero) is 1. The molecular formula is C14H22N2O3S. The Labute approximate surface area is 121 Å². The molecule has 2 aliphatic carbocycles. The zero-order valence-electron chi connectivity index (χ0n) is 12.3. The van der Waals surface area contributed by atoms with Crippen LogP contribution in [-0.2, 0) is 14.8 Å². The lowest BCUT2D eigenvalue weighted by Crippen LogP contribution is -2.45. The summed E-state index contributed by atoms with van der Waals surface area (Å²) in [4.78, 5) is 12.4. The average molecular weight is 298 g/mol. The fourth-order valence-corrected chi connectivity index (χ4v) is 5.77. The minimum atomic E-state index is -3.50. The van der Waals surface area contributed by atoms with Crippen molar-refractivity contribution in [2.45, 2.75) is 39.5 Å². The average Bonchev–Trinajstić information content (AvgIpc) is 2.69. The van der Waals surface area contributed by atoms with Crippen LogP contribution in [0.2, 0.25) is 0 Å². The Bertz CT molecular complexity index is 561. The summed E-state index contributed by atoms with van der Waals surface area (Å²) in [5, 5.41) is 8.57. The summed E-state index contributed by atoms with van der Waals surface area (Å²) in [7, 11) is -2.01. The number of hydrogen-bond acceptors (Lipinski definition) is 4. The van der Waals surface area contributed by atoms with E-state index < -0.39 is 15.4 Å². The highest BCUT2D eigenvalue weighted by Crippen LogP contribution is 2.64. The number of nitriles is 1. The fourth-order valence-electron chi connectivity index (χ4n) is 3.88. The first-order valence-electron chi connectivity index (χ1n) is 7.02. The first-order valence-corrected chi connectivity index (χ1v) is 8.62. The Kier molecular flexibility index (Phi) is 3.72. The molecule has 0 heterocycles. The van der Waals surface area contributed by atoms with Gasteiger partial charge in [-0.15, -0.1) is 0 Å². The fraction of sp³-hybridized carbons (Fsp3) is 0.857. The standard InChI is InChI=1S/C14H22N2O3S/c1-13(2)11-5-6-14(13,12(17)9-11)10-20(18,19)16(3)8-4-7-15/h11H,4-6,8-10H2,1-3H3/t11-,14+/m0/s1. The Morgan fingerprint density at radius 2 is 2.10 bits per heavy atom. The van der Waals surface area contributed by atoms with E-state index in [1.165, 1.54) is 11.4 Å². The third-order valence-electron chi connectivity index (χ3n) is 5.58. The highest BCUT2D eigenvalue weighted by atomic mass is 32.2. The third kappa shape index (κ3) is 2.08. The van der Waals surface area contributed by atoms with Crippen LogP contribution in [0.3, 0.4) is 0 Å². The molecule has 2 rings (SSSR count). The van der Waals surface area contributed by atoms with Gasteiger partial charge < -0.3 is 0 Å². The summed E-state index contributed by atoms with van der Waals surface area (Å²) < 4.78 is 26.2. The highest BCUT2D eigenvalue weighted by molar-refractivity contribution is 7.89. The molecule has 112 valence electrons. The zero-order chi connectivity index (χ0) is 15.2. The van der Waals surface area contributed by atoms with Crippen LogP contribution in [0.5, 0.6) is 0 Å². The highest BCUT2D eigenvalue weighted by Gasteiger charge is 2.65. The lowest BCUT2D eigenvalue weighted by atomic mass is 9.70. The van der Waals surface area contributed by atoms with Crippen LogP contribution in [0, 0.1) is 28.1 Å². The smallest absolute Gasteiger partial charge is 0.214 e. The van der Waals surface area contributed by atoms with Crippen LogP contribution >= 0.6 is 0 Å². The van der Waals surface area contributed by atoms with Gasteiger partial charge in [-0.2, -0.15) is 5.26 Å². The first-order chi connectivity index (χ1) is 9.17. The van der Waals surface area contributed by atoms with Crippen LogP contribution < -0.4 is 0 Å². The van der Waals surface area contributed by atoms with Gasteiger partial charge in [-0.3, -0.25) is 4.79 Å². The second-order valence-electron chi connectivity index (χ2n) is 6.65. The van der Waals surface area contributed by atoms with Gasteiger partial charge >= 0.3 is 0 Å². The van der Waals surface area contributed by atoms with E-state index in [1.54, 1.807) is 0 Å². The lowest BCUT2D eigenvalue weighted by Gasteiger charge is -2.37. The molecule has 0 aliphatic heterocycles. The number of fused-ring (bicyclic) bond motifs is 2. The van der Waals surface area contributed by atoms with E-state index in [9.17, 15) is 13.2 Å². The Balaban J connectivity index is 2.25. The quantitative estimate of drug-likeness (QED) is 0.771. The molecule has 0 N–H and O–H groups in total. The van der Waals surface area contributed by atoms with Crippen molar-refractivity contribution in [1.82, 2.24) is 4.31 Å². The molecule has 0 aromatic heterocycles. The number of sulfonamides is 1. The minimum absolute atomic E-state index is 0.107. The second kappa shape index (κ2) is 4.81. The number of carbonyl (C=O) groups is 1. The van der Waals surface area contributed by atoms with E-state index in [-0.39, 0.29) is 29.9 Å². The second-order valence-corrected chi connectivity index (χ2v) is 8.73. The van der Waals surface area contributed by atoms with E-state index in [0.717, 1.165) is 6.42 Å². The van der Waals surface area contributed by atoms with E-state index in [0.29, 0.717) is 18.8 Å². The largest absolute Gasteiger partial charge is 0.299 e. The molecule has 0 spiro atoms. The van der Waals surface area contributed by atoms with Crippen LogP contribution in [0.1, 0.15) is 39.5 Å². The topological polar surface area (TPSA) is 78.2 Å². The van der Waals surface area contributed by atoms with Gasteiger partial charge in [0, 0.05) is 31.8 Å². The maximum absolute atomic E-state index is 12.5. The molecular weight excluding hydrogens is 276 g/mol. The van der Waals surface area contributed by atoms with Crippen molar-refractivity contribution in [2.75, 3.05) is 19.3 Å². The molecule has 0 amide bonds. The summed E-state index contributed by atoms with van der Waals surface area (Å²) in [6.45, 7) is 4.24. The predicted octanol–water partition coefficient (Wildman–Crippen LogP) is 1.56. The van der Waals surface area contributed by atoms with Crippen molar-refractivity contribution in [3.05, 3.63) is 0 Å². The Hall–Kier alpha value is -0.930. The molecule has 0 aromatic rings. The van der Waals surface area contributed by atoms with Crippen LogP contribution in [0.15, 0.2) is 0 Å². The van der Waals surface area contributed by atoms with Gasteiger partial charge in [0.15, 0.2) is 0 Å². The molecule has 2 saturated carbocycles. The van der Waals surface area contributed by atoms with Crippen molar-refractivity contribution in [2.24, 2.45) is 16.7 Å². The SMILES string of the molecule is CN(CCC#N)S(=O)(=O)C[C@]12CC[C@@H](CC1=O)C2(C)C. The molecule has 0 saturated heterocycles. The van der Waals surface area contributed by atoms with Crippen LogP contribution in [-0.4, -0.2) is 37.9 Å². The van der Waals surface area contributed by atoms with Gasteiger partial charge in [0.1, 0.15) is 5.78 Å². The number of hydrogen-bond donors (Lipinski definition) is 0. The van der Waals surface area contributed by atoms with E-state index in [1.807, 2.05) is 19.9 Å². The van der Waals surface area contributed by atoms with Crippen LogP contribution in [0.4, 0.5) is 0 Å². The van der Waals surface area contributed by atoms with E-state index in [4.69, 9.17) is 5.26 Å². The van der Waals surface area contributed by atoms with Gasteiger partial charge in [-0.05, 0) is 24.2 Å². The van der Waals surface area contributed by atoms with Crippen molar-refractivity contribution >= 4 is 15.8 Å². The van der Waals surface area contributed by atoms with Crippen molar-refractivity contribution in [3.8, 4) is 6.07 Å². The van der Waals surface area contributed by atoms with Gasteiger partial charge in [0.25, 0.3) is 0 Å². The number of carbonyl (C=O) groups excluding carboxylic acids is 1. The molecule has 20 heavy (non-hydrogen) atoms. The lowest BCUT2D eigenvalue weighted by molar-refractivity contribution is -0.128. The summed E-state index contributed by atoms with van der Waals surface area (Å²) in [5.74, 6) is 0.315. The van der Waals surface area contributed by atoms with Crippen LogP contribution in [0.25, 0.3) is 0 Å². The first kappa shape index (κ1) is 15.5. The summed E-state index contributed by atoms with van der Waals surface area (Å²) in [5.41, 5.74) is -0.968. The van der Waals surface area contributed by atoms with Gasteiger partial charge in [0.2, 0.25) is 10.0 Å². The molecule has 2 atom stereocenters. The maximum atomic E-state index is 12.5. The van der Waals surface area contributed by atoms with Gasteiger partial charge in [-0.1, -0.05) is 13.8 Å². The molecule has 2 fully saturated rings. The van der Waals surface area contributed by atoms with E-state index >= 15 is 0 Å². The Morgan fingerprint density at radius 3 is 2.55 bits per heavy atom. The molecule has 2 bridgehead atoms. The predicted molar refractivity (Wildman–Crippen MR) is 75.2 cm³/mol. The summed E-state index contributed by atoms with van der Waals surface area (Å²) in [6.07, 6.45) is 2.30. The van der Waals surface area contributed by atoms with Crippen molar-refractivity contribution < 1.29 is 13.2 Å². The maximum Gasteiger partial charge on any atom is 0.214 e. The summed E-state index contributed by atoms with van der Waals surface area (Å²) >= 11 is 0. The van der Waals surface area contributed by atoms with Gasteiger partial charge in [0.05, 0.1) is 11.8 Å². The summed E-state index contributed by atoms with van der Waals surface area (Å²) in [6, 6.07) is 1.95. The minimum Gasteiger partial charge on any atom is -0.299 e. The molecule has 0 unspecified atom stereocenters. The number of rotatable bonds is 5. The Morgan fingerprint density at radius 1 is 1.45 bits per heavy atom. The third-order valence-corrected chi connectivity index (χ3v) is 7.57. The normalized spacial score (nSPS) is 31.8. The molecule has 0 radical (unpaired) electrons. The molecule has 2 aliphatic rings. The number of nitrogens with zero attached hydrogens (tertiary/aromatic N) is 2. The molecule has 5 nitrogen and oxygen atoms in total. The monoisotopic (exact) mass is 298 g/mol. The van der Waals surface area contributed by atoms with Crippen molar-refractivity contribution in [1.29, 1.82) is 5.26 Å². The molecule has 6 heteroatoms. The van der Waals surface area contributed by atoms with Crippen molar-refractivity contribution in [3.63, 3.8) is 0 Å². The zero-order valence-corrected chi connectivity index (χ0v) is 13.2.